The second kappa shape index (κ2) is 19.1. The maximum Gasteiger partial charge on any atom is 0.200 e. The van der Waals surface area contributed by atoms with Crippen LogP contribution in [0.25, 0.3) is 0 Å². The third-order valence-corrected chi connectivity index (χ3v) is 9.24. The first-order chi connectivity index (χ1) is 27.0. The Bertz CT molecular complexity index is 1790. The molecule has 22 heteroatoms. The summed E-state index contributed by atoms with van der Waals surface area (Å²) in [6, 6.07) is 0. The highest BCUT2D eigenvalue weighted by Gasteiger charge is 2.52. The molecule has 4 aromatic rings. The van der Waals surface area contributed by atoms with Gasteiger partial charge in [0, 0.05) is 0 Å². The Balaban J connectivity index is 0.000000594. The lowest BCUT2D eigenvalue weighted by atomic mass is 9.12. The lowest BCUT2D eigenvalue weighted by Crippen LogP contribution is -3.05. The number of unbranched alkanes of at least 4 members (excludes halogenated alkanes) is 7. The smallest absolute Gasteiger partial charge is 0.200 e. The van der Waals surface area contributed by atoms with E-state index in [2.05, 4.69) is 21.0 Å². The van der Waals surface area contributed by atoms with Crippen molar-refractivity contribution < 1.29 is 92.7 Å². The molecule has 0 bridgehead atoms. The average molecular weight is 865 g/mol. The van der Waals surface area contributed by atoms with Gasteiger partial charge in [-0.25, -0.2) is 87.8 Å². The molecule has 1 N–H and O–H groups in total. The van der Waals surface area contributed by atoms with Crippen LogP contribution in [0.1, 0.15) is 58.3 Å². The van der Waals surface area contributed by atoms with Gasteiger partial charge in [0.05, 0.1) is 20.6 Å². The monoisotopic (exact) mass is 865 g/mol. The number of hydrogen-bond acceptors (Lipinski definition) is 0. The molecule has 0 aliphatic rings. The Morgan fingerprint density at radius 2 is 0.448 bits per heavy atom. The normalized spacial score (nSPS) is 11.8. The fourth-order valence-electron chi connectivity index (χ4n) is 6.49. The summed E-state index contributed by atoms with van der Waals surface area (Å²) in [7, 11) is 4.47. The summed E-state index contributed by atoms with van der Waals surface area (Å²) in [5, 5.41) is 0. The molecule has 0 heterocycles. The van der Waals surface area contributed by atoms with E-state index in [0.29, 0.717) is 0 Å². The van der Waals surface area contributed by atoms with Crippen LogP contribution in [0.2, 0.25) is 0 Å². The zero-order valence-corrected chi connectivity index (χ0v) is 30.0. The summed E-state index contributed by atoms with van der Waals surface area (Å²) in [6.07, 6.45) is 4.27. The molecule has 0 saturated carbocycles. The van der Waals surface area contributed by atoms with Gasteiger partial charge in [-0.05, 0) is 12.8 Å². The Labute approximate surface area is 316 Å². The quantitative estimate of drug-likeness (QED) is 0.0456. The number of quaternary nitrogens is 1. The average Bonchev–Trinajstić information content (AvgIpc) is 3.18. The molecule has 0 aliphatic heterocycles. The van der Waals surface area contributed by atoms with Crippen molar-refractivity contribution in [3.05, 3.63) is 116 Å². The van der Waals surface area contributed by atoms with E-state index in [-0.39, 0.29) is 0 Å². The fraction of sp³-hybridized carbons (Fsp3) is 0.333. The summed E-state index contributed by atoms with van der Waals surface area (Å²) >= 11 is 0. The Morgan fingerprint density at radius 3 is 0.638 bits per heavy atom. The molecule has 0 atom stereocenters. The van der Waals surface area contributed by atoms with Crippen LogP contribution in [0, 0.1) is 116 Å². The third-order valence-electron chi connectivity index (χ3n) is 9.24. The topological polar surface area (TPSA) is 4.44 Å². The molecule has 0 aromatic heterocycles. The molecule has 4 aromatic carbocycles. The van der Waals surface area contributed by atoms with Gasteiger partial charge in [0.2, 0.25) is 0 Å². The van der Waals surface area contributed by atoms with Crippen molar-refractivity contribution >= 4 is 28.0 Å². The van der Waals surface area contributed by atoms with E-state index >= 15 is 35.1 Å². The van der Waals surface area contributed by atoms with Gasteiger partial charge >= 0.3 is 0 Å². The minimum Gasteiger partial charge on any atom is -0.340 e. The zero-order valence-electron chi connectivity index (χ0n) is 30.0. The zero-order chi connectivity index (χ0) is 44.3. The Kier molecular flexibility index (Phi) is 15.7. The van der Waals surface area contributed by atoms with Gasteiger partial charge in [-0.15, -0.1) is 21.9 Å². The minimum atomic E-state index is -7.22. The molecule has 0 amide bonds. The van der Waals surface area contributed by atoms with Crippen molar-refractivity contribution in [3.8, 4) is 0 Å². The molecule has 0 saturated heterocycles. The van der Waals surface area contributed by atoms with Crippen LogP contribution in [0.3, 0.4) is 0 Å². The lowest BCUT2D eigenvalue weighted by Gasteiger charge is -2.44. The van der Waals surface area contributed by atoms with E-state index in [1.807, 2.05) is 0 Å². The van der Waals surface area contributed by atoms with Crippen molar-refractivity contribution in [3.63, 3.8) is 0 Å². The largest absolute Gasteiger partial charge is 0.340 e. The standard InChI is InChI=1S/C24BF20.C12H27N/c26-5-1(6(27)14(35)21(42)13(5)34)25(2-7(28)15(36)22(43)16(37)8(2)29,3-9(30)17(38)23(44)18(39)10(3)31)4-11(32)19(40)24(45)20(41)12(4)33;1-4-5-6-7-8-9-10-11-12-13(2)3/h;4-12H2,1-3H3/q-1;/p+1. The molecule has 4 rings (SSSR count). The van der Waals surface area contributed by atoms with Crippen LogP contribution in [0.4, 0.5) is 87.8 Å². The van der Waals surface area contributed by atoms with Gasteiger partial charge in [0.25, 0.3) is 0 Å². The highest BCUT2D eigenvalue weighted by atomic mass is 19.2. The van der Waals surface area contributed by atoms with E-state index in [1.54, 1.807) is 4.90 Å². The Hall–Kier alpha value is -4.50. The highest BCUT2D eigenvalue weighted by molar-refractivity contribution is 7.20. The third kappa shape index (κ3) is 8.34. The van der Waals surface area contributed by atoms with Crippen LogP contribution >= 0.6 is 0 Å². The van der Waals surface area contributed by atoms with Gasteiger partial charge in [0.1, 0.15) is 52.7 Å². The van der Waals surface area contributed by atoms with E-state index < -0.39 is 144 Å². The Morgan fingerprint density at radius 1 is 0.276 bits per heavy atom. The summed E-state index contributed by atoms with van der Waals surface area (Å²) in [4.78, 5) is 1.59. The van der Waals surface area contributed by atoms with Crippen molar-refractivity contribution in [2.24, 2.45) is 0 Å². The maximum absolute atomic E-state index is 15.4. The second-order valence-corrected chi connectivity index (χ2v) is 13.2. The number of halogens is 20. The summed E-state index contributed by atoms with van der Waals surface area (Å²) in [6.45, 7) is 3.62. The molecule has 320 valence electrons. The SMILES string of the molecule is CCCCCCCCCC[NH+](C)C.Fc1c(F)c(F)c([B-](c2c(F)c(F)c(F)c(F)c2F)(c2c(F)c(F)c(F)c(F)c2F)c2c(F)c(F)c(F)c(F)c2F)c(F)c1F. The molecule has 0 fully saturated rings. The predicted molar refractivity (Wildman–Crippen MR) is 170 cm³/mol. The van der Waals surface area contributed by atoms with Gasteiger partial charge in [-0.1, -0.05) is 45.4 Å². The highest BCUT2D eigenvalue weighted by Crippen LogP contribution is 2.30. The maximum atomic E-state index is 15.4. The molecule has 0 unspecified atom stereocenters. The second-order valence-electron chi connectivity index (χ2n) is 13.2. The van der Waals surface area contributed by atoms with Crippen LogP contribution in [0.5, 0.6) is 0 Å². The van der Waals surface area contributed by atoms with E-state index in [4.69, 9.17) is 0 Å². The van der Waals surface area contributed by atoms with Crippen molar-refractivity contribution in [1.82, 2.24) is 0 Å². The van der Waals surface area contributed by atoms with Crippen LogP contribution in [0.15, 0.2) is 0 Å². The first kappa shape index (κ1) is 47.9. The predicted octanol–water partition coefficient (Wildman–Crippen LogP) is 8.12. The van der Waals surface area contributed by atoms with Gasteiger partial charge in [-0.2, -0.15) is 0 Å². The van der Waals surface area contributed by atoms with E-state index in [0.717, 1.165) is 0 Å². The summed E-state index contributed by atoms with van der Waals surface area (Å²) < 4.78 is 294. The van der Waals surface area contributed by atoms with Crippen molar-refractivity contribution in [2.75, 3.05) is 20.6 Å². The van der Waals surface area contributed by atoms with E-state index in [1.165, 1.54) is 57.9 Å². The summed E-state index contributed by atoms with van der Waals surface area (Å²) in [5.74, 6) is -71.4. The van der Waals surface area contributed by atoms with Gasteiger partial charge < -0.3 is 4.90 Å². The molecule has 0 spiro atoms. The summed E-state index contributed by atoms with van der Waals surface area (Å²) in [5.41, 5.74) is -14.3. The number of nitrogens with one attached hydrogen (secondary N) is 1. The minimum absolute atomic E-state index is 1.34. The lowest BCUT2D eigenvalue weighted by molar-refractivity contribution is -0.858. The molecule has 0 radical (unpaired) electrons. The van der Waals surface area contributed by atoms with Crippen molar-refractivity contribution in [2.45, 2.75) is 58.3 Å². The van der Waals surface area contributed by atoms with Crippen LogP contribution in [-0.2, 0) is 0 Å². The first-order valence-corrected chi connectivity index (χ1v) is 17.0. The van der Waals surface area contributed by atoms with Crippen molar-refractivity contribution in [1.29, 1.82) is 0 Å². The molecular weight excluding hydrogens is 837 g/mol. The number of benzene rings is 4. The van der Waals surface area contributed by atoms with Gasteiger partial charge in [0.15, 0.2) is 69.8 Å². The molecule has 58 heavy (non-hydrogen) atoms. The number of hydrogen-bond donors (Lipinski definition) is 1. The number of rotatable bonds is 13. The fourth-order valence-corrected chi connectivity index (χ4v) is 6.49. The van der Waals surface area contributed by atoms with E-state index in [9.17, 15) is 52.7 Å². The molecular formula is C36H28BF20N. The van der Waals surface area contributed by atoms with Crippen LogP contribution in [-0.4, -0.2) is 26.8 Å². The van der Waals surface area contributed by atoms with Gasteiger partial charge in [-0.3, -0.25) is 0 Å². The first-order valence-electron chi connectivity index (χ1n) is 17.0. The molecule has 0 aliphatic carbocycles. The molecule has 1 nitrogen and oxygen atoms in total. The van der Waals surface area contributed by atoms with Crippen LogP contribution < -0.4 is 26.8 Å².